The molecule has 156 valence electrons. The van der Waals surface area contributed by atoms with Crippen LogP contribution in [0.5, 0.6) is 5.75 Å². The highest BCUT2D eigenvalue weighted by Gasteiger charge is 2.31. The monoisotopic (exact) mass is 482 g/mol. The van der Waals surface area contributed by atoms with Gasteiger partial charge in [-0.2, -0.15) is 0 Å². The molecule has 3 aromatic rings. The second-order valence-corrected chi connectivity index (χ2v) is 8.79. The van der Waals surface area contributed by atoms with E-state index >= 15 is 0 Å². The Bertz CT molecular complexity index is 1030. The highest BCUT2D eigenvalue weighted by Crippen LogP contribution is 2.43. The first-order valence-electron chi connectivity index (χ1n) is 8.59. The SMILES string of the molecule is Cn1c(CS(=O)O)c(C(=O)O)c2c(C(C)(C)N)c(O)c(Br)cc21.c1ccccc1. The third-order valence-electron chi connectivity index (χ3n) is 4.32. The van der Waals surface area contributed by atoms with Crippen LogP contribution in [0.25, 0.3) is 10.9 Å². The van der Waals surface area contributed by atoms with E-state index in [1.807, 2.05) is 36.4 Å². The van der Waals surface area contributed by atoms with Gasteiger partial charge in [0.15, 0.2) is 11.1 Å². The summed E-state index contributed by atoms with van der Waals surface area (Å²) in [5, 5.41) is 20.3. The summed E-state index contributed by atoms with van der Waals surface area (Å²) in [6.45, 7) is 3.30. The number of nitrogens with two attached hydrogens (primary N) is 1. The summed E-state index contributed by atoms with van der Waals surface area (Å²) in [4.78, 5) is 11.8. The Morgan fingerprint density at radius 2 is 1.69 bits per heavy atom. The maximum atomic E-state index is 11.8. The van der Waals surface area contributed by atoms with Crippen LogP contribution in [-0.4, -0.2) is 29.5 Å². The predicted octanol–water partition coefficient (Wildman–Crippen LogP) is 3.95. The Labute approximate surface area is 179 Å². The van der Waals surface area contributed by atoms with E-state index in [4.69, 9.17) is 5.73 Å². The second-order valence-electron chi connectivity index (χ2n) is 7.00. The van der Waals surface area contributed by atoms with Gasteiger partial charge in [-0.3, -0.25) is 0 Å². The molecule has 0 saturated carbocycles. The minimum atomic E-state index is -2.21. The summed E-state index contributed by atoms with van der Waals surface area (Å²) in [6.07, 6.45) is 0. The van der Waals surface area contributed by atoms with Crippen LogP contribution in [0.15, 0.2) is 46.9 Å². The fourth-order valence-corrected chi connectivity index (χ4v) is 4.12. The molecule has 7 nitrogen and oxygen atoms in total. The highest BCUT2D eigenvalue weighted by atomic mass is 79.9. The van der Waals surface area contributed by atoms with E-state index in [1.54, 1.807) is 27.0 Å². The number of hydrogen-bond donors (Lipinski definition) is 4. The smallest absolute Gasteiger partial charge is 0.338 e. The number of nitrogens with zero attached hydrogens (tertiary/aromatic N) is 1. The zero-order chi connectivity index (χ0) is 21.9. The molecule has 5 N–H and O–H groups in total. The minimum Gasteiger partial charge on any atom is -0.506 e. The van der Waals surface area contributed by atoms with Gasteiger partial charge in [-0.1, -0.05) is 36.4 Å². The van der Waals surface area contributed by atoms with Gasteiger partial charge in [-0.25, -0.2) is 9.00 Å². The van der Waals surface area contributed by atoms with Crippen molar-refractivity contribution in [2.45, 2.75) is 25.1 Å². The van der Waals surface area contributed by atoms with Crippen molar-refractivity contribution in [3.63, 3.8) is 0 Å². The Morgan fingerprint density at radius 3 is 2.07 bits per heavy atom. The number of hydrogen-bond acceptors (Lipinski definition) is 4. The van der Waals surface area contributed by atoms with Crippen LogP contribution >= 0.6 is 15.9 Å². The standard InChI is InChI=1S/C14H17BrN2O5S.C6H6/c1-14(2,16)11-9-7(4-6(15)12(11)18)17(3)8(5-23(21)22)10(9)13(19)20;1-2-4-6-5-3-1/h4,18H,5,16H2,1-3H3,(H,19,20)(H,21,22);1-6H. The Morgan fingerprint density at radius 1 is 1.21 bits per heavy atom. The molecular weight excluding hydrogens is 460 g/mol. The van der Waals surface area contributed by atoms with Crippen LogP contribution in [-0.2, 0) is 29.4 Å². The summed E-state index contributed by atoms with van der Waals surface area (Å²) < 4.78 is 22.3. The maximum absolute atomic E-state index is 11.8. The quantitative estimate of drug-likeness (QED) is 0.417. The van der Waals surface area contributed by atoms with Crippen LogP contribution in [0.1, 0.15) is 35.5 Å². The number of aromatic nitrogens is 1. The fraction of sp³-hybridized carbons (Fsp3) is 0.250. The second kappa shape index (κ2) is 9.08. The zero-order valence-electron chi connectivity index (χ0n) is 16.2. The molecule has 1 heterocycles. The van der Waals surface area contributed by atoms with Crippen LogP contribution in [0, 0.1) is 0 Å². The summed E-state index contributed by atoms with van der Waals surface area (Å²) in [6, 6.07) is 13.6. The first kappa shape index (κ1) is 23.1. The minimum absolute atomic E-state index is 0.124. The van der Waals surface area contributed by atoms with Gasteiger partial charge in [0, 0.05) is 29.2 Å². The number of rotatable bonds is 4. The summed E-state index contributed by atoms with van der Waals surface area (Å²) in [7, 11) is 1.60. The molecule has 0 radical (unpaired) electrons. The largest absolute Gasteiger partial charge is 0.506 e. The van der Waals surface area contributed by atoms with Crippen LogP contribution < -0.4 is 5.73 Å². The number of carboxylic acids is 1. The molecule has 0 saturated heterocycles. The molecule has 0 aliphatic heterocycles. The molecule has 0 aliphatic rings. The lowest BCUT2D eigenvalue weighted by atomic mass is 9.89. The zero-order valence-corrected chi connectivity index (χ0v) is 18.6. The van der Waals surface area contributed by atoms with Crippen molar-refractivity contribution < 1.29 is 23.8 Å². The molecule has 29 heavy (non-hydrogen) atoms. The molecule has 1 unspecified atom stereocenters. The van der Waals surface area contributed by atoms with Crippen molar-refractivity contribution >= 4 is 43.9 Å². The van der Waals surface area contributed by atoms with Gasteiger partial charge in [-0.15, -0.1) is 0 Å². The lowest BCUT2D eigenvalue weighted by Crippen LogP contribution is -2.29. The van der Waals surface area contributed by atoms with Crippen molar-refractivity contribution in [2.24, 2.45) is 12.8 Å². The van der Waals surface area contributed by atoms with Crippen LogP contribution in [0.4, 0.5) is 0 Å². The van der Waals surface area contributed by atoms with E-state index in [2.05, 4.69) is 15.9 Å². The Kier molecular flexibility index (Phi) is 7.23. The number of aromatic hydroxyl groups is 1. The van der Waals surface area contributed by atoms with Gasteiger partial charge >= 0.3 is 5.97 Å². The van der Waals surface area contributed by atoms with E-state index in [-0.39, 0.29) is 33.7 Å². The van der Waals surface area contributed by atoms with Crippen molar-refractivity contribution in [2.75, 3.05) is 0 Å². The normalized spacial score (nSPS) is 12.3. The van der Waals surface area contributed by atoms with Crippen LogP contribution in [0.2, 0.25) is 0 Å². The van der Waals surface area contributed by atoms with E-state index in [1.165, 1.54) is 4.57 Å². The van der Waals surface area contributed by atoms with Crippen molar-refractivity contribution in [1.29, 1.82) is 0 Å². The van der Waals surface area contributed by atoms with Gasteiger partial charge in [0.25, 0.3) is 0 Å². The van der Waals surface area contributed by atoms with E-state index in [0.29, 0.717) is 9.99 Å². The molecule has 0 spiro atoms. The molecule has 1 atom stereocenters. The van der Waals surface area contributed by atoms with Crippen molar-refractivity contribution in [3.8, 4) is 5.75 Å². The summed E-state index contributed by atoms with van der Waals surface area (Å²) >= 11 is 1.03. The predicted molar refractivity (Wildman–Crippen MR) is 117 cm³/mol. The number of halogens is 1. The maximum Gasteiger partial charge on any atom is 0.338 e. The molecule has 3 rings (SSSR count). The number of fused-ring (bicyclic) bond motifs is 1. The number of aromatic carboxylic acids is 1. The molecule has 9 heteroatoms. The van der Waals surface area contributed by atoms with E-state index in [0.717, 1.165) is 0 Å². The number of aryl methyl sites for hydroxylation is 1. The topological polar surface area (TPSA) is 126 Å². The summed E-state index contributed by atoms with van der Waals surface area (Å²) in [5.41, 5.74) is 5.95. The lowest BCUT2D eigenvalue weighted by molar-refractivity contribution is 0.0698. The average molecular weight is 483 g/mol. The third-order valence-corrected chi connectivity index (χ3v) is 5.45. The fourth-order valence-electron chi connectivity index (χ4n) is 3.13. The molecule has 1 aromatic heterocycles. The van der Waals surface area contributed by atoms with Crippen molar-refractivity contribution in [3.05, 3.63) is 63.8 Å². The average Bonchev–Trinajstić information content (AvgIpc) is 2.88. The molecule has 0 fully saturated rings. The third kappa shape index (κ3) is 5.05. The molecule has 0 aliphatic carbocycles. The first-order valence-corrected chi connectivity index (χ1v) is 10.7. The van der Waals surface area contributed by atoms with Gasteiger partial charge in [0.1, 0.15) is 5.75 Å². The Hall–Kier alpha value is -2.20. The van der Waals surface area contributed by atoms with E-state index < -0.39 is 22.6 Å². The number of benzene rings is 2. The molecule has 2 aromatic carbocycles. The number of phenolic OH excluding ortho intramolecular Hbond substituents is 1. The molecule has 0 amide bonds. The number of carbonyl (C=O) groups is 1. The van der Waals surface area contributed by atoms with Gasteiger partial charge in [0.05, 0.1) is 21.3 Å². The summed E-state index contributed by atoms with van der Waals surface area (Å²) in [5.74, 6) is -1.73. The van der Waals surface area contributed by atoms with E-state index in [9.17, 15) is 23.8 Å². The molecular formula is C20H23BrN2O5S. The number of carboxylic acid groups (broad SMARTS) is 1. The van der Waals surface area contributed by atoms with Gasteiger partial charge in [0.2, 0.25) is 0 Å². The first-order chi connectivity index (χ1) is 13.5. The van der Waals surface area contributed by atoms with Gasteiger partial charge < -0.3 is 25.1 Å². The van der Waals surface area contributed by atoms with Crippen LogP contribution in [0.3, 0.4) is 0 Å². The van der Waals surface area contributed by atoms with Gasteiger partial charge in [-0.05, 0) is 35.8 Å². The highest BCUT2D eigenvalue weighted by molar-refractivity contribution is 9.10. The molecule has 0 bridgehead atoms. The van der Waals surface area contributed by atoms with Crippen molar-refractivity contribution in [1.82, 2.24) is 4.57 Å². The Balaban J connectivity index is 0.000000426. The number of phenols is 1. The lowest BCUT2D eigenvalue weighted by Gasteiger charge is -2.23.